The van der Waals surface area contributed by atoms with Crippen LogP contribution < -0.4 is 13.8 Å². The predicted octanol–water partition coefficient (Wildman–Crippen LogP) is 1.81. The zero-order chi connectivity index (χ0) is 11.0. The van der Waals surface area contributed by atoms with Gasteiger partial charge in [0.15, 0.2) is 0 Å². The van der Waals surface area contributed by atoms with E-state index in [1.807, 2.05) is 0 Å². The van der Waals surface area contributed by atoms with E-state index in [0.29, 0.717) is 15.0 Å². The van der Waals surface area contributed by atoms with E-state index in [-0.39, 0.29) is 0 Å². The summed E-state index contributed by atoms with van der Waals surface area (Å²) in [6, 6.07) is 17.5. The molecule has 0 saturated heterocycles. The molecule has 2 aromatic rings. The van der Waals surface area contributed by atoms with E-state index >= 15 is 0 Å². The first-order valence-corrected chi connectivity index (χ1v) is 7.25. The monoisotopic (exact) mass is 275 g/mol. The molecule has 80 valence electrons. The molecule has 0 bridgehead atoms. The Hall–Kier alpha value is -1.24. The molecule has 2 heteroatoms. The van der Waals surface area contributed by atoms with Gasteiger partial charge in [0.1, 0.15) is 0 Å². The Morgan fingerprint density at radius 2 is 1.38 bits per heavy atom. The summed E-state index contributed by atoms with van der Waals surface area (Å²) in [4.78, 5) is 2.41. The summed E-state index contributed by atoms with van der Waals surface area (Å²) in [7, 11) is 0. The van der Waals surface area contributed by atoms with Gasteiger partial charge in [-0.05, 0) is 0 Å². The molecule has 3 rings (SSSR count). The van der Waals surface area contributed by atoms with Gasteiger partial charge in [0.25, 0.3) is 0 Å². The third-order valence-electron chi connectivity index (χ3n) is 2.85. The molecule has 1 heterocycles. The molecule has 16 heavy (non-hydrogen) atoms. The van der Waals surface area contributed by atoms with Crippen molar-refractivity contribution in [3.8, 4) is 0 Å². The molecular formula is C14H13NSe. The van der Waals surface area contributed by atoms with Gasteiger partial charge in [0.2, 0.25) is 0 Å². The van der Waals surface area contributed by atoms with Crippen LogP contribution in [0.2, 0.25) is 0 Å². The Kier molecular flexibility index (Phi) is 2.47. The Morgan fingerprint density at radius 3 is 1.88 bits per heavy atom. The number of benzene rings is 2. The minimum atomic E-state index is 0.457. The fourth-order valence-electron chi connectivity index (χ4n) is 2.12. The van der Waals surface area contributed by atoms with Gasteiger partial charge in [-0.15, -0.1) is 0 Å². The maximum atomic E-state index is 2.41. The fourth-order valence-corrected chi connectivity index (χ4v) is 4.42. The van der Waals surface area contributed by atoms with Crippen molar-refractivity contribution in [2.45, 2.75) is 6.92 Å². The maximum absolute atomic E-state index is 2.41. The van der Waals surface area contributed by atoms with Crippen molar-refractivity contribution in [1.82, 2.24) is 0 Å². The van der Waals surface area contributed by atoms with E-state index in [0.717, 1.165) is 6.54 Å². The van der Waals surface area contributed by atoms with E-state index in [1.165, 1.54) is 20.3 Å². The Bertz CT molecular complexity index is 476. The summed E-state index contributed by atoms with van der Waals surface area (Å²) in [5, 5.41) is 0. The van der Waals surface area contributed by atoms with Crippen LogP contribution in [0.15, 0.2) is 48.5 Å². The summed E-state index contributed by atoms with van der Waals surface area (Å²) >= 11 is 0.457. The molecule has 0 aromatic heterocycles. The summed E-state index contributed by atoms with van der Waals surface area (Å²) in [6.07, 6.45) is 0. The normalized spacial score (nSPS) is 13.2. The van der Waals surface area contributed by atoms with Gasteiger partial charge >= 0.3 is 102 Å². The molecule has 0 N–H and O–H groups in total. The first-order chi connectivity index (χ1) is 7.90. The van der Waals surface area contributed by atoms with E-state index in [9.17, 15) is 0 Å². The van der Waals surface area contributed by atoms with Crippen molar-refractivity contribution in [2.24, 2.45) is 0 Å². The number of para-hydroxylation sites is 2. The first kappa shape index (κ1) is 9.95. The van der Waals surface area contributed by atoms with Gasteiger partial charge in [0, 0.05) is 0 Å². The van der Waals surface area contributed by atoms with Crippen LogP contribution in [0.1, 0.15) is 6.92 Å². The Morgan fingerprint density at radius 1 is 0.875 bits per heavy atom. The van der Waals surface area contributed by atoms with Crippen molar-refractivity contribution in [1.29, 1.82) is 0 Å². The molecule has 0 aliphatic carbocycles. The van der Waals surface area contributed by atoms with Crippen LogP contribution in [0.25, 0.3) is 0 Å². The van der Waals surface area contributed by atoms with Gasteiger partial charge < -0.3 is 0 Å². The molecule has 0 amide bonds. The Labute approximate surface area is 102 Å². The second-order valence-electron chi connectivity index (χ2n) is 3.78. The zero-order valence-electron chi connectivity index (χ0n) is 9.18. The zero-order valence-corrected chi connectivity index (χ0v) is 10.9. The molecule has 0 fully saturated rings. The molecule has 1 aliphatic rings. The van der Waals surface area contributed by atoms with E-state index in [1.54, 1.807) is 0 Å². The first-order valence-electron chi connectivity index (χ1n) is 5.53. The van der Waals surface area contributed by atoms with Crippen LogP contribution in [0, 0.1) is 0 Å². The van der Waals surface area contributed by atoms with Crippen molar-refractivity contribution in [3.63, 3.8) is 0 Å². The summed E-state index contributed by atoms with van der Waals surface area (Å²) in [5.74, 6) is 0. The molecule has 0 atom stereocenters. The van der Waals surface area contributed by atoms with Crippen LogP contribution in [0.4, 0.5) is 11.4 Å². The van der Waals surface area contributed by atoms with Gasteiger partial charge in [-0.3, -0.25) is 0 Å². The van der Waals surface area contributed by atoms with Crippen LogP contribution in [0.5, 0.6) is 0 Å². The topological polar surface area (TPSA) is 3.24 Å². The van der Waals surface area contributed by atoms with Crippen molar-refractivity contribution in [3.05, 3.63) is 48.5 Å². The standard InChI is InChI=1S/C14H13NSe/c1-2-15-11-7-3-5-9-13(11)16-14-10-6-4-8-12(14)15/h3-10H,2H2,1H3. The van der Waals surface area contributed by atoms with Gasteiger partial charge in [-0.2, -0.15) is 0 Å². The number of nitrogens with zero attached hydrogens (tertiary/aromatic N) is 1. The number of fused-ring (bicyclic) bond motifs is 2. The van der Waals surface area contributed by atoms with Crippen LogP contribution >= 0.6 is 0 Å². The van der Waals surface area contributed by atoms with Crippen molar-refractivity contribution >= 4 is 35.3 Å². The van der Waals surface area contributed by atoms with E-state index in [2.05, 4.69) is 60.4 Å². The van der Waals surface area contributed by atoms with Gasteiger partial charge in [-0.1, -0.05) is 0 Å². The second-order valence-corrected chi connectivity index (χ2v) is 6.06. The average molecular weight is 274 g/mol. The van der Waals surface area contributed by atoms with Gasteiger partial charge in [-0.25, -0.2) is 0 Å². The molecule has 1 aliphatic heterocycles. The summed E-state index contributed by atoms with van der Waals surface area (Å²) < 4.78 is 2.99. The predicted molar refractivity (Wildman–Crippen MR) is 70.6 cm³/mol. The van der Waals surface area contributed by atoms with Crippen LogP contribution in [-0.2, 0) is 0 Å². The number of anilines is 2. The van der Waals surface area contributed by atoms with E-state index < -0.39 is 0 Å². The number of hydrogen-bond donors (Lipinski definition) is 0. The summed E-state index contributed by atoms with van der Waals surface area (Å²) in [6.45, 7) is 3.25. The minimum absolute atomic E-state index is 0.457. The Balaban J connectivity index is 2.19. The van der Waals surface area contributed by atoms with Crippen molar-refractivity contribution in [2.75, 3.05) is 11.4 Å². The third-order valence-corrected chi connectivity index (χ3v) is 5.22. The van der Waals surface area contributed by atoms with Gasteiger partial charge in [0.05, 0.1) is 0 Å². The molecule has 2 aromatic carbocycles. The molecule has 0 radical (unpaired) electrons. The van der Waals surface area contributed by atoms with Crippen molar-refractivity contribution < 1.29 is 0 Å². The van der Waals surface area contributed by atoms with Crippen LogP contribution in [-0.4, -0.2) is 21.5 Å². The summed E-state index contributed by atoms with van der Waals surface area (Å²) in [5.41, 5.74) is 2.78. The average Bonchev–Trinajstić information content (AvgIpc) is 2.36. The molecule has 1 nitrogen and oxygen atoms in total. The quantitative estimate of drug-likeness (QED) is 0.717. The second kappa shape index (κ2) is 3.97. The third kappa shape index (κ3) is 1.46. The SMILES string of the molecule is CCN1c2ccccc2[Se]c2ccccc21. The van der Waals surface area contributed by atoms with E-state index in [4.69, 9.17) is 0 Å². The molecule has 0 saturated carbocycles. The number of rotatable bonds is 1. The molecular weight excluding hydrogens is 261 g/mol. The van der Waals surface area contributed by atoms with Crippen LogP contribution in [0.3, 0.4) is 0 Å². The molecule has 0 unspecified atom stereocenters. The fraction of sp³-hybridized carbons (Fsp3) is 0.143. The number of hydrogen-bond acceptors (Lipinski definition) is 1. The molecule has 0 spiro atoms.